The van der Waals surface area contributed by atoms with Crippen LogP contribution in [0.15, 0.2) is 0 Å². The second kappa shape index (κ2) is 5.57. The van der Waals surface area contributed by atoms with E-state index in [0.717, 1.165) is 12.8 Å². The molecule has 0 aromatic carbocycles. The van der Waals surface area contributed by atoms with E-state index in [-0.39, 0.29) is 0 Å². The number of unbranched alkanes of at least 4 members (excludes halogenated alkanes) is 3. The molecule has 72 valence electrons. The summed E-state index contributed by atoms with van der Waals surface area (Å²) >= 11 is 3.20. The highest BCUT2D eigenvalue weighted by Crippen LogP contribution is 2.24. The number of rotatable bonds is 6. The van der Waals surface area contributed by atoms with E-state index in [2.05, 4.69) is 22.9 Å². The topological polar surface area (TPSA) is 37.3 Å². The fourth-order valence-corrected chi connectivity index (χ4v) is 1.27. The number of carbonyl (C=O) groups is 1. The minimum Gasteiger partial charge on any atom is -0.480 e. The Labute approximate surface area is 82.5 Å². The molecule has 0 saturated heterocycles. The molecule has 0 aromatic rings. The Balaban J connectivity index is 3.54. The monoisotopic (exact) mass is 236 g/mol. The number of alkyl halides is 1. The van der Waals surface area contributed by atoms with Crippen LogP contribution in [0.25, 0.3) is 0 Å². The van der Waals surface area contributed by atoms with E-state index in [4.69, 9.17) is 5.11 Å². The Morgan fingerprint density at radius 2 is 2.00 bits per heavy atom. The largest absolute Gasteiger partial charge is 0.480 e. The van der Waals surface area contributed by atoms with Crippen LogP contribution in [0.4, 0.5) is 0 Å². The lowest BCUT2D eigenvalue weighted by Crippen LogP contribution is -2.27. The highest BCUT2D eigenvalue weighted by atomic mass is 79.9. The third-order valence-corrected chi connectivity index (χ3v) is 2.68. The van der Waals surface area contributed by atoms with Gasteiger partial charge in [0.25, 0.3) is 0 Å². The van der Waals surface area contributed by atoms with Gasteiger partial charge in [0.15, 0.2) is 0 Å². The summed E-state index contributed by atoms with van der Waals surface area (Å²) in [6.45, 7) is 3.85. The molecule has 1 atom stereocenters. The molecule has 0 aliphatic rings. The Bertz CT molecular complexity index is 143. The summed E-state index contributed by atoms with van der Waals surface area (Å²) in [7, 11) is 0. The predicted octanol–water partition coefficient (Wildman–Crippen LogP) is 3.20. The lowest BCUT2D eigenvalue weighted by atomic mass is 10.0. The van der Waals surface area contributed by atoms with Crippen molar-refractivity contribution in [2.75, 3.05) is 0 Å². The quantitative estimate of drug-likeness (QED) is 0.569. The van der Waals surface area contributed by atoms with Gasteiger partial charge >= 0.3 is 5.97 Å². The molecule has 0 saturated carbocycles. The van der Waals surface area contributed by atoms with E-state index in [1.807, 2.05) is 0 Å². The Kier molecular flexibility index (Phi) is 5.55. The highest BCUT2D eigenvalue weighted by Gasteiger charge is 2.28. The van der Waals surface area contributed by atoms with Crippen molar-refractivity contribution in [3.63, 3.8) is 0 Å². The second-order valence-corrected chi connectivity index (χ2v) is 5.06. The molecular formula is C9H17BrO2. The first-order valence-electron chi connectivity index (χ1n) is 4.43. The van der Waals surface area contributed by atoms with Gasteiger partial charge in [-0.15, -0.1) is 0 Å². The lowest BCUT2D eigenvalue weighted by Gasteiger charge is -2.16. The zero-order valence-electron chi connectivity index (χ0n) is 7.77. The molecule has 0 fully saturated rings. The van der Waals surface area contributed by atoms with Crippen LogP contribution < -0.4 is 0 Å². The van der Waals surface area contributed by atoms with Crippen LogP contribution in [0.2, 0.25) is 0 Å². The smallest absolute Gasteiger partial charge is 0.320 e. The van der Waals surface area contributed by atoms with Crippen molar-refractivity contribution in [1.82, 2.24) is 0 Å². The van der Waals surface area contributed by atoms with E-state index in [1.54, 1.807) is 6.92 Å². The van der Waals surface area contributed by atoms with Crippen molar-refractivity contribution in [3.05, 3.63) is 0 Å². The van der Waals surface area contributed by atoms with Crippen LogP contribution in [-0.4, -0.2) is 15.4 Å². The van der Waals surface area contributed by atoms with Gasteiger partial charge in [0, 0.05) is 0 Å². The maximum absolute atomic E-state index is 10.6. The third-order valence-electron chi connectivity index (χ3n) is 1.95. The van der Waals surface area contributed by atoms with Crippen molar-refractivity contribution in [2.45, 2.75) is 50.3 Å². The van der Waals surface area contributed by atoms with Crippen molar-refractivity contribution >= 4 is 21.9 Å². The number of halogens is 1. The molecule has 0 spiro atoms. The van der Waals surface area contributed by atoms with Crippen LogP contribution in [0.1, 0.15) is 46.0 Å². The molecule has 0 radical (unpaired) electrons. The summed E-state index contributed by atoms with van der Waals surface area (Å²) in [6, 6.07) is 0. The molecule has 0 aliphatic carbocycles. The molecule has 0 amide bonds. The van der Waals surface area contributed by atoms with Gasteiger partial charge < -0.3 is 5.11 Å². The summed E-state index contributed by atoms with van der Waals surface area (Å²) in [6.07, 6.45) is 5.21. The van der Waals surface area contributed by atoms with Crippen LogP contribution >= 0.6 is 15.9 Å². The summed E-state index contributed by atoms with van der Waals surface area (Å²) < 4.78 is -0.721. The first-order chi connectivity index (χ1) is 5.50. The number of hydrogen-bond acceptors (Lipinski definition) is 1. The fraction of sp³-hybridized carbons (Fsp3) is 0.889. The Hall–Kier alpha value is -0.0500. The number of carboxylic acid groups (broad SMARTS) is 1. The van der Waals surface area contributed by atoms with E-state index < -0.39 is 10.3 Å². The predicted molar refractivity (Wildman–Crippen MR) is 53.7 cm³/mol. The van der Waals surface area contributed by atoms with Gasteiger partial charge in [0.05, 0.1) is 0 Å². The lowest BCUT2D eigenvalue weighted by molar-refractivity contribution is -0.139. The zero-order valence-corrected chi connectivity index (χ0v) is 9.35. The first kappa shape index (κ1) is 11.9. The highest BCUT2D eigenvalue weighted by molar-refractivity contribution is 9.10. The van der Waals surface area contributed by atoms with Gasteiger partial charge in [-0.2, -0.15) is 0 Å². The fourth-order valence-electron chi connectivity index (χ4n) is 0.991. The summed E-state index contributed by atoms with van der Waals surface area (Å²) in [4.78, 5) is 10.6. The molecule has 2 nitrogen and oxygen atoms in total. The molecular weight excluding hydrogens is 220 g/mol. The minimum absolute atomic E-state index is 0.711. The minimum atomic E-state index is -0.765. The Morgan fingerprint density at radius 1 is 1.42 bits per heavy atom. The van der Waals surface area contributed by atoms with Crippen LogP contribution in [0, 0.1) is 0 Å². The summed E-state index contributed by atoms with van der Waals surface area (Å²) in [5.41, 5.74) is 0. The van der Waals surface area contributed by atoms with E-state index in [1.165, 1.54) is 12.8 Å². The second-order valence-electron chi connectivity index (χ2n) is 3.31. The molecule has 0 aromatic heterocycles. The van der Waals surface area contributed by atoms with Gasteiger partial charge in [-0.25, -0.2) is 0 Å². The molecule has 3 heteroatoms. The van der Waals surface area contributed by atoms with Gasteiger partial charge in [0.2, 0.25) is 0 Å². The van der Waals surface area contributed by atoms with E-state index in [0.29, 0.717) is 6.42 Å². The summed E-state index contributed by atoms with van der Waals surface area (Å²) in [5, 5.41) is 8.75. The maximum Gasteiger partial charge on any atom is 0.320 e. The Morgan fingerprint density at radius 3 is 2.42 bits per heavy atom. The first-order valence-corrected chi connectivity index (χ1v) is 5.22. The SMILES string of the molecule is CCCCCCC(C)(Br)C(=O)O. The standard InChI is InChI=1S/C9H17BrO2/c1-3-4-5-6-7-9(2,10)8(11)12/h3-7H2,1-2H3,(H,11,12). The van der Waals surface area contributed by atoms with Gasteiger partial charge in [-0.1, -0.05) is 48.5 Å². The average Bonchev–Trinajstić information content (AvgIpc) is 1.98. The summed E-state index contributed by atoms with van der Waals surface area (Å²) in [5.74, 6) is -0.765. The normalized spacial score (nSPS) is 15.6. The van der Waals surface area contributed by atoms with E-state index in [9.17, 15) is 4.79 Å². The van der Waals surface area contributed by atoms with Crippen LogP contribution in [-0.2, 0) is 4.79 Å². The number of carboxylic acids is 1. The van der Waals surface area contributed by atoms with Gasteiger partial charge in [-0.3, -0.25) is 4.79 Å². The maximum atomic E-state index is 10.6. The molecule has 12 heavy (non-hydrogen) atoms. The van der Waals surface area contributed by atoms with Crippen molar-refractivity contribution in [2.24, 2.45) is 0 Å². The molecule has 0 heterocycles. The molecule has 0 rings (SSSR count). The number of hydrogen-bond donors (Lipinski definition) is 1. The van der Waals surface area contributed by atoms with Crippen LogP contribution in [0.5, 0.6) is 0 Å². The number of aliphatic carboxylic acids is 1. The van der Waals surface area contributed by atoms with Gasteiger partial charge in [0.1, 0.15) is 4.32 Å². The van der Waals surface area contributed by atoms with Gasteiger partial charge in [-0.05, 0) is 13.3 Å². The van der Waals surface area contributed by atoms with Crippen LogP contribution in [0.3, 0.4) is 0 Å². The van der Waals surface area contributed by atoms with Crippen molar-refractivity contribution < 1.29 is 9.90 Å². The van der Waals surface area contributed by atoms with Crippen molar-refractivity contribution in [3.8, 4) is 0 Å². The average molecular weight is 237 g/mol. The van der Waals surface area contributed by atoms with E-state index >= 15 is 0 Å². The van der Waals surface area contributed by atoms with Crippen molar-refractivity contribution in [1.29, 1.82) is 0 Å². The molecule has 0 bridgehead atoms. The molecule has 0 aliphatic heterocycles. The zero-order chi connectivity index (χ0) is 9.61. The molecule has 1 unspecified atom stereocenters. The molecule has 1 N–H and O–H groups in total. The third kappa shape index (κ3) is 4.75.